The molecule has 2 saturated heterocycles. The molecule has 0 aliphatic carbocycles. The Morgan fingerprint density at radius 1 is 1.06 bits per heavy atom. The van der Waals surface area contributed by atoms with Crippen LogP contribution in [0.3, 0.4) is 0 Å². The van der Waals surface area contributed by atoms with Crippen molar-refractivity contribution < 1.29 is 27.8 Å². The summed E-state index contributed by atoms with van der Waals surface area (Å²) in [7, 11) is -2.19. The average Bonchev–Trinajstić information content (AvgIpc) is 3.23. The lowest BCUT2D eigenvalue weighted by Crippen LogP contribution is -2.55. The van der Waals surface area contributed by atoms with Crippen molar-refractivity contribution in [2.45, 2.75) is 30.1 Å². The Labute approximate surface area is 182 Å². The SMILES string of the molecule is COc1ccc(C(=O)N2CCC3(CC2)OCCN3S(=O)(=O)c2ccc(CO)cc2)cc1. The molecule has 2 aromatic rings. The second-order valence-electron chi connectivity index (χ2n) is 7.69. The first-order chi connectivity index (χ1) is 14.9. The molecule has 31 heavy (non-hydrogen) atoms. The summed E-state index contributed by atoms with van der Waals surface area (Å²) in [5.74, 6) is 0.589. The molecule has 0 aromatic heterocycles. The number of piperidine rings is 1. The van der Waals surface area contributed by atoms with Gasteiger partial charge in [-0.15, -0.1) is 0 Å². The third-order valence-corrected chi connectivity index (χ3v) is 7.95. The smallest absolute Gasteiger partial charge is 0.253 e. The minimum atomic E-state index is -3.76. The van der Waals surface area contributed by atoms with Crippen molar-refractivity contribution in [3.63, 3.8) is 0 Å². The van der Waals surface area contributed by atoms with E-state index in [1.807, 2.05) is 0 Å². The van der Waals surface area contributed by atoms with Gasteiger partial charge in [-0.1, -0.05) is 12.1 Å². The van der Waals surface area contributed by atoms with E-state index in [0.29, 0.717) is 49.4 Å². The van der Waals surface area contributed by atoms with E-state index < -0.39 is 15.7 Å². The third kappa shape index (κ3) is 4.06. The molecule has 0 unspecified atom stereocenters. The van der Waals surface area contributed by atoms with Gasteiger partial charge in [-0.25, -0.2) is 8.42 Å². The maximum absolute atomic E-state index is 13.3. The maximum Gasteiger partial charge on any atom is 0.253 e. The Bertz CT molecular complexity index is 1030. The Hall–Kier alpha value is -2.46. The monoisotopic (exact) mass is 446 g/mol. The number of aliphatic hydroxyl groups is 1. The zero-order valence-electron chi connectivity index (χ0n) is 17.4. The zero-order valence-corrected chi connectivity index (χ0v) is 18.2. The van der Waals surface area contributed by atoms with E-state index in [1.54, 1.807) is 48.4 Å². The lowest BCUT2D eigenvalue weighted by atomic mass is 10.00. The molecule has 4 rings (SSSR count). The molecule has 0 radical (unpaired) electrons. The quantitative estimate of drug-likeness (QED) is 0.753. The van der Waals surface area contributed by atoms with Gasteiger partial charge in [0.25, 0.3) is 5.91 Å². The Morgan fingerprint density at radius 2 is 1.71 bits per heavy atom. The molecule has 166 valence electrons. The van der Waals surface area contributed by atoms with Crippen molar-refractivity contribution in [3.05, 3.63) is 59.7 Å². The van der Waals surface area contributed by atoms with E-state index >= 15 is 0 Å². The largest absolute Gasteiger partial charge is 0.497 e. The number of carbonyl (C=O) groups excluding carboxylic acids is 1. The van der Waals surface area contributed by atoms with Crippen LogP contribution >= 0.6 is 0 Å². The molecule has 1 amide bonds. The number of aliphatic hydroxyl groups excluding tert-OH is 1. The predicted octanol–water partition coefficient (Wildman–Crippen LogP) is 1.84. The van der Waals surface area contributed by atoms with Gasteiger partial charge in [-0.2, -0.15) is 4.31 Å². The van der Waals surface area contributed by atoms with E-state index in [0.717, 1.165) is 0 Å². The Balaban J connectivity index is 1.49. The number of sulfonamides is 1. The normalized spacial score (nSPS) is 19.0. The number of benzene rings is 2. The first-order valence-electron chi connectivity index (χ1n) is 10.2. The van der Waals surface area contributed by atoms with Crippen LogP contribution in [0.15, 0.2) is 53.4 Å². The summed E-state index contributed by atoms with van der Waals surface area (Å²) in [6.07, 6.45) is 0.811. The molecule has 8 nitrogen and oxygen atoms in total. The van der Waals surface area contributed by atoms with Crippen LogP contribution in [0.25, 0.3) is 0 Å². The molecule has 1 N–H and O–H groups in total. The van der Waals surface area contributed by atoms with Crippen LogP contribution in [0.5, 0.6) is 5.75 Å². The number of hydrogen-bond donors (Lipinski definition) is 1. The Morgan fingerprint density at radius 3 is 2.29 bits per heavy atom. The van der Waals surface area contributed by atoms with Crippen LogP contribution in [0.4, 0.5) is 0 Å². The van der Waals surface area contributed by atoms with Crippen molar-refractivity contribution in [1.29, 1.82) is 0 Å². The number of carbonyl (C=O) groups is 1. The van der Waals surface area contributed by atoms with Gasteiger partial charge in [0.1, 0.15) is 11.5 Å². The number of nitrogens with zero attached hydrogens (tertiary/aromatic N) is 2. The summed E-state index contributed by atoms with van der Waals surface area (Å²) >= 11 is 0. The molecule has 0 bridgehead atoms. The molecule has 0 saturated carbocycles. The second-order valence-corrected chi connectivity index (χ2v) is 9.56. The number of rotatable bonds is 5. The van der Waals surface area contributed by atoms with Crippen molar-refractivity contribution in [3.8, 4) is 5.75 Å². The van der Waals surface area contributed by atoms with Crippen molar-refractivity contribution in [2.75, 3.05) is 33.4 Å². The van der Waals surface area contributed by atoms with Crippen LogP contribution in [-0.2, 0) is 21.4 Å². The molecular formula is C22H26N2O6S. The molecule has 2 aliphatic rings. The van der Waals surface area contributed by atoms with Gasteiger partial charge in [0, 0.05) is 38.0 Å². The van der Waals surface area contributed by atoms with E-state index in [2.05, 4.69) is 0 Å². The van der Waals surface area contributed by atoms with Gasteiger partial charge in [0.15, 0.2) is 0 Å². The van der Waals surface area contributed by atoms with Crippen LogP contribution in [-0.4, -0.2) is 67.7 Å². The van der Waals surface area contributed by atoms with Gasteiger partial charge in [0.05, 0.1) is 25.2 Å². The molecule has 2 aliphatic heterocycles. The second kappa shape index (κ2) is 8.58. The summed E-state index contributed by atoms with van der Waals surface area (Å²) in [5.41, 5.74) is 0.278. The Kier molecular flexibility index (Phi) is 6.02. The first-order valence-corrected chi connectivity index (χ1v) is 11.6. The van der Waals surface area contributed by atoms with E-state index in [-0.39, 0.29) is 24.0 Å². The van der Waals surface area contributed by atoms with Gasteiger partial charge >= 0.3 is 0 Å². The van der Waals surface area contributed by atoms with Gasteiger partial charge in [-0.3, -0.25) is 4.79 Å². The highest BCUT2D eigenvalue weighted by Crippen LogP contribution is 2.38. The van der Waals surface area contributed by atoms with Gasteiger partial charge < -0.3 is 19.5 Å². The molecule has 2 heterocycles. The minimum Gasteiger partial charge on any atom is -0.497 e. The highest BCUT2D eigenvalue weighted by atomic mass is 32.2. The number of amides is 1. The summed E-state index contributed by atoms with van der Waals surface area (Å²) in [6.45, 7) is 1.26. The first kappa shape index (κ1) is 21.8. The average molecular weight is 447 g/mol. The summed E-state index contributed by atoms with van der Waals surface area (Å²) in [4.78, 5) is 14.8. The van der Waals surface area contributed by atoms with Crippen LogP contribution < -0.4 is 4.74 Å². The molecule has 2 fully saturated rings. The highest BCUT2D eigenvalue weighted by Gasteiger charge is 2.51. The number of ether oxygens (including phenoxy) is 2. The fourth-order valence-corrected chi connectivity index (χ4v) is 5.92. The number of likely N-dealkylation sites (tertiary alicyclic amines) is 1. The van der Waals surface area contributed by atoms with Crippen molar-refractivity contribution >= 4 is 15.9 Å². The summed E-state index contributed by atoms with van der Waals surface area (Å²) in [6, 6.07) is 13.2. The van der Waals surface area contributed by atoms with Crippen LogP contribution in [0.2, 0.25) is 0 Å². The minimum absolute atomic E-state index is 0.0931. The van der Waals surface area contributed by atoms with Gasteiger partial charge in [0.2, 0.25) is 10.0 Å². The summed E-state index contributed by atoms with van der Waals surface area (Å²) in [5, 5.41) is 9.20. The standard InChI is InChI=1S/C22H26N2O6S/c1-29-19-6-4-18(5-7-19)21(26)23-12-10-22(11-13-23)24(14-15-30-22)31(27,28)20-8-2-17(16-25)3-9-20/h2-9,25H,10-16H2,1H3. The fourth-order valence-electron chi connectivity index (χ4n) is 4.20. The predicted molar refractivity (Wildman–Crippen MR) is 113 cm³/mol. The molecule has 1 spiro atoms. The maximum atomic E-state index is 13.3. The van der Waals surface area contributed by atoms with Crippen LogP contribution in [0.1, 0.15) is 28.8 Å². The number of methoxy groups -OCH3 is 1. The van der Waals surface area contributed by atoms with Gasteiger partial charge in [-0.05, 0) is 42.0 Å². The van der Waals surface area contributed by atoms with Crippen molar-refractivity contribution in [1.82, 2.24) is 9.21 Å². The number of hydrogen-bond acceptors (Lipinski definition) is 6. The molecular weight excluding hydrogens is 420 g/mol. The van der Waals surface area contributed by atoms with E-state index in [4.69, 9.17) is 9.47 Å². The molecule has 9 heteroatoms. The lowest BCUT2D eigenvalue weighted by Gasteiger charge is -2.42. The van der Waals surface area contributed by atoms with E-state index in [9.17, 15) is 18.3 Å². The molecule has 2 aromatic carbocycles. The molecule has 0 atom stereocenters. The third-order valence-electron chi connectivity index (χ3n) is 5.98. The highest BCUT2D eigenvalue weighted by molar-refractivity contribution is 7.89. The lowest BCUT2D eigenvalue weighted by molar-refractivity contribution is -0.0857. The summed E-state index contributed by atoms with van der Waals surface area (Å²) < 4.78 is 39.1. The zero-order chi connectivity index (χ0) is 22.1. The van der Waals surface area contributed by atoms with Crippen molar-refractivity contribution in [2.24, 2.45) is 0 Å². The topological polar surface area (TPSA) is 96.4 Å². The van der Waals surface area contributed by atoms with E-state index in [1.165, 1.54) is 16.4 Å². The van der Waals surface area contributed by atoms with Crippen LogP contribution in [0, 0.1) is 0 Å². The fraction of sp³-hybridized carbons (Fsp3) is 0.409.